The first-order chi connectivity index (χ1) is 6.83. The number of hydrogen-bond acceptors (Lipinski definition) is 2. The predicted molar refractivity (Wildman–Crippen MR) is 55.0 cm³/mol. The van der Waals surface area contributed by atoms with Gasteiger partial charge in [-0.1, -0.05) is 18.2 Å². The van der Waals surface area contributed by atoms with E-state index in [1.807, 2.05) is 18.2 Å². The molecule has 0 atom stereocenters. The van der Waals surface area contributed by atoms with Crippen LogP contribution >= 0.6 is 0 Å². The molecule has 66 valence electrons. The quantitative estimate of drug-likeness (QED) is 0.669. The second-order valence-corrected chi connectivity index (χ2v) is 2.85. The molecule has 2 rings (SSSR count). The molecule has 3 nitrogen and oxygen atoms in total. The summed E-state index contributed by atoms with van der Waals surface area (Å²) < 4.78 is 0. The first kappa shape index (κ1) is 8.75. The van der Waals surface area contributed by atoms with Gasteiger partial charge in [-0.05, 0) is 12.1 Å². The first-order valence-corrected chi connectivity index (χ1v) is 4.17. The monoisotopic (exact) mass is 182 g/mol. The zero-order valence-corrected chi connectivity index (χ0v) is 7.40. The molecule has 0 aliphatic heterocycles. The van der Waals surface area contributed by atoms with Gasteiger partial charge in [-0.3, -0.25) is 9.78 Å². The minimum Gasteiger partial charge on any atom is -0.405 e. The Balaban J connectivity index is 2.71. The number of amides is 1. The Hall–Kier alpha value is -1.84. The fourth-order valence-corrected chi connectivity index (χ4v) is 1.37. The van der Waals surface area contributed by atoms with Crippen LogP contribution in [0.1, 0.15) is 10.4 Å². The molecule has 0 fully saturated rings. The zero-order chi connectivity index (χ0) is 9.97. The highest BCUT2D eigenvalue weighted by Gasteiger charge is 2.07. The average Bonchev–Trinajstić information content (AvgIpc) is 2.27. The summed E-state index contributed by atoms with van der Waals surface area (Å²) in [6.07, 6.45) is 1.65. The predicted octanol–water partition coefficient (Wildman–Crippen LogP) is 1.05. The van der Waals surface area contributed by atoms with Crippen LogP contribution in [0.4, 0.5) is 0 Å². The maximum Gasteiger partial charge on any atom is 0.240 e. The van der Waals surface area contributed by atoms with Crippen LogP contribution in [0, 0.1) is 0 Å². The van der Waals surface area contributed by atoms with Crippen LogP contribution in [0.25, 0.3) is 10.9 Å². The number of benzene rings is 1. The largest absolute Gasteiger partial charge is 0.405 e. The second kappa shape index (κ2) is 3.50. The number of nitrogens with zero attached hydrogens (tertiary/aromatic N) is 1. The lowest BCUT2D eigenvalue weighted by atomic mass is 10.1. The molecule has 2 aromatic rings. The SMILES string of the molecule is [B]NC(=O)c1cccc2cccnc12. The van der Waals surface area contributed by atoms with E-state index in [2.05, 4.69) is 10.2 Å². The number of carbonyl (C=O) groups is 1. The lowest BCUT2D eigenvalue weighted by Gasteiger charge is -2.03. The molecular weight excluding hydrogens is 175 g/mol. The van der Waals surface area contributed by atoms with Gasteiger partial charge in [0.15, 0.2) is 0 Å². The molecule has 0 saturated heterocycles. The Bertz CT molecular complexity index is 479. The van der Waals surface area contributed by atoms with Gasteiger partial charge in [-0.15, -0.1) is 0 Å². The van der Waals surface area contributed by atoms with E-state index in [1.165, 1.54) is 0 Å². The van der Waals surface area contributed by atoms with Crippen LogP contribution in [0.15, 0.2) is 36.5 Å². The molecule has 0 spiro atoms. The van der Waals surface area contributed by atoms with Crippen molar-refractivity contribution < 1.29 is 4.79 Å². The zero-order valence-electron chi connectivity index (χ0n) is 7.40. The van der Waals surface area contributed by atoms with Crippen LogP contribution in [-0.2, 0) is 0 Å². The summed E-state index contributed by atoms with van der Waals surface area (Å²) in [6, 6.07) is 9.11. The van der Waals surface area contributed by atoms with Crippen molar-refractivity contribution in [3.63, 3.8) is 0 Å². The molecule has 1 aromatic carbocycles. The van der Waals surface area contributed by atoms with Crippen LogP contribution in [0.5, 0.6) is 0 Å². The van der Waals surface area contributed by atoms with Gasteiger partial charge in [0.1, 0.15) is 0 Å². The first-order valence-electron chi connectivity index (χ1n) is 4.17. The highest BCUT2D eigenvalue weighted by molar-refractivity contribution is 6.20. The fraction of sp³-hybridized carbons (Fsp3) is 0. The Morgan fingerprint density at radius 1 is 1.29 bits per heavy atom. The molecule has 1 amide bonds. The van der Waals surface area contributed by atoms with Crippen molar-refractivity contribution in [1.82, 2.24) is 10.2 Å². The van der Waals surface area contributed by atoms with E-state index >= 15 is 0 Å². The van der Waals surface area contributed by atoms with E-state index in [9.17, 15) is 4.79 Å². The maximum absolute atomic E-state index is 11.4. The van der Waals surface area contributed by atoms with Gasteiger partial charge >= 0.3 is 0 Å². The van der Waals surface area contributed by atoms with Crippen LogP contribution in [0.2, 0.25) is 0 Å². The number of fused-ring (bicyclic) bond motifs is 1. The summed E-state index contributed by atoms with van der Waals surface area (Å²) in [7, 11) is 5.07. The summed E-state index contributed by atoms with van der Waals surface area (Å²) in [4.78, 5) is 15.5. The molecule has 1 aromatic heterocycles. The summed E-state index contributed by atoms with van der Waals surface area (Å²) in [5, 5.41) is 3.02. The third-order valence-electron chi connectivity index (χ3n) is 2.01. The van der Waals surface area contributed by atoms with E-state index < -0.39 is 0 Å². The van der Waals surface area contributed by atoms with Gasteiger partial charge in [0.2, 0.25) is 13.9 Å². The topological polar surface area (TPSA) is 42.0 Å². The van der Waals surface area contributed by atoms with E-state index in [1.54, 1.807) is 18.3 Å². The normalized spacial score (nSPS) is 10.0. The second-order valence-electron chi connectivity index (χ2n) is 2.85. The summed E-state index contributed by atoms with van der Waals surface area (Å²) in [5.74, 6) is -0.325. The van der Waals surface area contributed by atoms with E-state index in [0.717, 1.165) is 5.39 Å². The number of nitrogens with one attached hydrogen (secondary N) is 1. The molecule has 1 N–H and O–H groups in total. The van der Waals surface area contributed by atoms with Crippen molar-refractivity contribution in [2.75, 3.05) is 0 Å². The minimum atomic E-state index is -0.325. The van der Waals surface area contributed by atoms with Crippen LogP contribution in [-0.4, -0.2) is 18.9 Å². The third-order valence-corrected chi connectivity index (χ3v) is 2.01. The van der Waals surface area contributed by atoms with Crippen LogP contribution < -0.4 is 5.23 Å². The van der Waals surface area contributed by atoms with Crippen LogP contribution in [0.3, 0.4) is 0 Å². The van der Waals surface area contributed by atoms with Crippen molar-refractivity contribution in [3.8, 4) is 0 Å². The molecule has 1 heterocycles. The minimum absolute atomic E-state index is 0.325. The van der Waals surface area contributed by atoms with E-state index in [-0.39, 0.29) is 5.91 Å². The van der Waals surface area contributed by atoms with Gasteiger partial charge in [-0.2, -0.15) is 0 Å². The van der Waals surface area contributed by atoms with Crippen molar-refractivity contribution >= 4 is 24.8 Å². The number of hydrogen-bond donors (Lipinski definition) is 1. The fourth-order valence-electron chi connectivity index (χ4n) is 1.37. The van der Waals surface area contributed by atoms with E-state index in [0.29, 0.717) is 11.1 Å². The van der Waals surface area contributed by atoms with Gasteiger partial charge in [0.25, 0.3) is 0 Å². The molecule has 2 radical (unpaired) electrons. The molecule has 0 aliphatic rings. The highest BCUT2D eigenvalue weighted by Crippen LogP contribution is 2.15. The van der Waals surface area contributed by atoms with Crippen molar-refractivity contribution in [2.45, 2.75) is 0 Å². The standard InChI is InChI=1S/C10H7BN2O/c11-13-10(14)8-5-1-3-7-4-2-6-12-9(7)8/h1-6H,(H,13,14). The van der Waals surface area contributed by atoms with E-state index in [4.69, 9.17) is 7.98 Å². The molecule has 0 saturated carbocycles. The Labute approximate surface area is 82.6 Å². The maximum atomic E-state index is 11.4. The Morgan fingerprint density at radius 2 is 2.07 bits per heavy atom. The lowest BCUT2D eigenvalue weighted by molar-refractivity contribution is 0.0983. The number of para-hydroxylation sites is 1. The van der Waals surface area contributed by atoms with Gasteiger partial charge in [0.05, 0.1) is 11.1 Å². The number of aromatic nitrogens is 1. The molecular formula is C10H7BN2O. The summed E-state index contributed by atoms with van der Waals surface area (Å²) in [5.41, 5.74) is 1.16. The van der Waals surface area contributed by atoms with Crippen molar-refractivity contribution in [1.29, 1.82) is 0 Å². The number of rotatable bonds is 1. The molecule has 4 heteroatoms. The number of pyridine rings is 1. The lowest BCUT2D eigenvalue weighted by Crippen LogP contribution is -2.19. The molecule has 14 heavy (non-hydrogen) atoms. The molecule has 0 bridgehead atoms. The molecule has 0 unspecified atom stereocenters. The number of carbonyl (C=O) groups excluding carboxylic acids is 1. The van der Waals surface area contributed by atoms with Gasteiger partial charge in [-0.25, -0.2) is 0 Å². The highest BCUT2D eigenvalue weighted by atomic mass is 16.1. The van der Waals surface area contributed by atoms with Gasteiger partial charge < -0.3 is 5.23 Å². The molecule has 0 aliphatic carbocycles. The Morgan fingerprint density at radius 3 is 2.86 bits per heavy atom. The Kier molecular flexibility index (Phi) is 2.19. The summed E-state index contributed by atoms with van der Waals surface area (Å²) >= 11 is 0. The average molecular weight is 182 g/mol. The third kappa shape index (κ3) is 1.35. The summed E-state index contributed by atoms with van der Waals surface area (Å²) in [6.45, 7) is 0. The smallest absolute Gasteiger partial charge is 0.240 e. The van der Waals surface area contributed by atoms with Crippen molar-refractivity contribution in [2.24, 2.45) is 0 Å². The van der Waals surface area contributed by atoms with Crippen molar-refractivity contribution in [3.05, 3.63) is 42.1 Å². The van der Waals surface area contributed by atoms with Gasteiger partial charge in [0, 0.05) is 11.6 Å².